The van der Waals surface area contributed by atoms with Gasteiger partial charge in [-0.2, -0.15) is 13.2 Å². The number of halogens is 3. The number of amides is 2. The average molecular weight is 325 g/mol. The molecule has 2 atom stereocenters. The predicted molar refractivity (Wildman–Crippen MR) is 67.6 cm³/mol. The van der Waals surface area contributed by atoms with Crippen LogP contribution in [0.1, 0.15) is 27.2 Å². The third-order valence-electron chi connectivity index (χ3n) is 3.05. The number of esters is 1. The number of likely N-dealkylation sites (tertiary alicyclic amines) is 1. The molecule has 2 amide bonds. The lowest BCUT2D eigenvalue weighted by molar-refractivity contribution is -0.195. The molecule has 0 saturated carbocycles. The third-order valence-corrected chi connectivity index (χ3v) is 3.05. The Kier molecular flexibility index (Phi) is 5.09. The Morgan fingerprint density at radius 2 is 1.77 bits per heavy atom. The molecule has 22 heavy (non-hydrogen) atoms. The Hall–Kier alpha value is -1.80. The first-order chi connectivity index (χ1) is 9.86. The van der Waals surface area contributed by atoms with E-state index in [0.717, 1.165) is 7.11 Å². The first-order valence-corrected chi connectivity index (χ1v) is 6.55. The van der Waals surface area contributed by atoms with Crippen LogP contribution in [0.4, 0.5) is 18.0 Å². The van der Waals surface area contributed by atoms with Crippen LogP contribution in [0, 0.1) is 11.8 Å². The molecule has 1 fully saturated rings. The first kappa shape index (κ1) is 18.2. The zero-order valence-corrected chi connectivity index (χ0v) is 12.7. The molecular formula is C13H18F3NO5. The molecule has 1 saturated heterocycles. The van der Waals surface area contributed by atoms with Crippen molar-refractivity contribution in [3.8, 4) is 0 Å². The summed E-state index contributed by atoms with van der Waals surface area (Å²) in [6.07, 6.45) is -6.60. The highest BCUT2D eigenvalue weighted by atomic mass is 19.4. The van der Waals surface area contributed by atoms with E-state index in [1.54, 1.807) is 0 Å². The van der Waals surface area contributed by atoms with Gasteiger partial charge in [0.1, 0.15) is 11.5 Å². The van der Waals surface area contributed by atoms with E-state index in [1.165, 1.54) is 20.8 Å². The van der Waals surface area contributed by atoms with Crippen LogP contribution < -0.4 is 0 Å². The van der Waals surface area contributed by atoms with Crippen molar-refractivity contribution in [2.45, 2.75) is 39.0 Å². The maximum atomic E-state index is 12.9. The number of carbonyl (C=O) groups excluding carboxylic acids is 3. The van der Waals surface area contributed by atoms with Gasteiger partial charge in [-0.1, -0.05) is 0 Å². The van der Waals surface area contributed by atoms with E-state index in [0.29, 0.717) is 4.90 Å². The summed E-state index contributed by atoms with van der Waals surface area (Å²) in [7, 11) is 0.963. The molecule has 126 valence electrons. The van der Waals surface area contributed by atoms with Gasteiger partial charge in [0.15, 0.2) is 0 Å². The summed E-state index contributed by atoms with van der Waals surface area (Å²) >= 11 is 0. The van der Waals surface area contributed by atoms with Gasteiger partial charge in [0.2, 0.25) is 5.91 Å². The maximum absolute atomic E-state index is 12.9. The number of rotatable bonds is 1. The van der Waals surface area contributed by atoms with Gasteiger partial charge < -0.3 is 9.47 Å². The number of carbonyl (C=O) groups is 3. The minimum absolute atomic E-state index is 0.328. The van der Waals surface area contributed by atoms with Crippen molar-refractivity contribution in [2.24, 2.45) is 11.8 Å². The fourth-order valence-electron chi connectivity index (χ4n) is 2.02. The van der Waals surface area contributed by atoms with E-state index >= 15 is 0 Å². The molecular weight excluding hydrogens is 307 g/mol. The molecule has 6 nitrogen and oxygen atoms in total. The minimum Gasteiger partial charge on any atom is -0.468 e. The summed E-state index contributed by atoms with van der Waals surface area (Å²) in [5.74, 6) is -5.81. The van der Waals surface area contributed by atoms with Crippen LogP contribution in [-0.2, 0) is 19.1 Å². The molecule has 1 rings (SSSR count). The molecule has 0 N–H and O–H groups in total. The van der Waals surface area contributed by atoms with Gasteiger partial charge >= 0.3 is 18.2 Å². The Labute approximate surface area is 125 Å². The van der Waals surface area contributed by atoms with Gasteiger partial charge in [0.05, 0.1) is 13.0 Å². The quantitative estimate of drug-likeness (QED) is 0.545. The van der Waals surface area contributed by atoms with Crippen molar-refractivity contribution in [3.63, 3.8) is 0 Å². The van der Waals surface area contributed by atoms with Crippen molar-refractivity contribution >= 4 is 18.0 Å². The van der Waals surface area contributed by atoms with E-state index in [-0.39, 0.29) is 0 Å². The smallest absolute Gasteiger partial charge is 0.417 e. The number of hydrogen-bond donors (Lipinski definition) is 0. The summed E-state index contributed by atoms with van der Waals surface area (Å²) < 4.78 is 48.1. The number of methoxy groups -OCH3 is 1. The lowest BCUT2D eigenvalue weighted by Crippen LogP contribution is -2.54. The summed E-state index contributed by atoms with van der Waals surface area (Å²) in [5, 5.41) is 0. The second-order valence-electron chi connectivity index (χ2n) is 5.98. The molecule has 9 heteroatoms. The lowest BCUT2D eigenvalue weighted by Gasteiger charge is -2.36. The van der Waals surface area contributed by atoms with E-state index in [4.69, 9.17) is 4.74 Å². The van der Waals surface area contributed by atoms with Crippen molar-refractivity contribution in [1.82, 2.24) is 4.90 Å². The topological polar surface area (TPSA) is 72.9 Å². The Bertz CT molecular complexity index is 469. The molecule has 0 radical (unpaired) electrons. The Morgan fingerprint density at radius 1 is 1.23 bits per heavy atom. The van der Waals surface area contributed by atoms with Crippen LogP contribution in [0.5, 0.6) is 0 Å². The molecule has 0 spiro atoms. The Balaban J connectivity index is 3.06. The Morgan fingerprint density at radius 3 is 2.18 bits per heavy atom. The monoisotopic (exact) mass is 325 g/mol. The number of imide groups is 1. The zero-order chi connectivity index (χ0) is 17.3. The molecule has 0 aliphatic carbocycles. The first-order valence-electron chi connectivity index (χ1n) is 6.55. The normalized spacial score (nSPS) is 23.2. The summed E-state index contributed by atoms with van der Waals surface area (Å²) in [6.45, 7) is 3.67. The highest BCUT2D eigenvalue weighted by Gasteiger charge is 2.52. The second-order valence-corrected chi connectivity index (χ2v) is 5.98. The molecule has 0 aromatic heterocycles. The minimum atomic E-state index is -4.65. The zero-order valence-electron chi connectivity index (χ0n) is 12.7. The molecule has 1 aliphatic rings. The predicted octanol–water partition coefficient (Wildman–Crippen LogP) is 2.12. The SMILES string of the molecule is COC(=O)C1C[C@H](C(F)(F)F)CN(C(=O)OC(C)(C)C)C1=O. The highest BCUT2D eigenvalue weighted by molar-refractivity contribution is 6.04. The fraction of sp³-hybridized carbons (Fsp3) is 0.769. The van der Waals surface area contributed by atoms with Crippen LogP contribution in [0.15, 0.2) is 0 Å². The summed E-state index contributed by atoms with van der Waals surface area (Å²) in [5.41, 5.74) is -0.983. The van der Waals surface area contributed by atoms with Crippen molar-refractivity contribution in [1.29, 1.82) is 0 Å². The van der Waals surface area contributed by atoms with Crippen LogP contribution in [-0.4, -0.2) is 48.3 Å². The lowest BCUT2D eigenvalue weighted by atomic mass is 9.88. The van der Waals surface area contributed by atoms with Gasteiger partial charge in [-0.3, -0.25) is 9.59 Å². The number of nitrogens with zero attached hydrogens (tertiary/aromatic N) is 1. The van der Waals surface area contributed by atoms with Crippen LogP contribution >= 0.6 is 0 Å². The van der Waals surface area contributed by atoms with Crippen molar-refractivity contribution < 1.29 is 37.0 Å². The number of ether oxygens (including phenoxy) is 2. The molecule has 0 aromatic carbocycles. The average Bonchev–Trinajstić information content (AvgIpc) is 2.34. The number of alkyl halides is 3. The standard InChI is InChI=1S/C13H18F3NO5/c1-12(2,3)22-11(20)17-6-7(13(14,15)16)5-8(9(17)18)10(19)21-4/h7-8H,5-6H2,1-4H3/t7-,8?/m0/s1. The number of piperidine rings is 1. The second kappa shape index (κ2) is 6.13. The molecule has 1 heterocycles. The van der Waals surface area contributed by atoms with Crippen molar-refractivity contribution in [3.05, 3.63) is 0 Å². The van der Waals surface area contributed by atoms with Gasteiger partial charge in [-0.25, -0.2) is 9.69 Å². The molecule has 0 bridgehead atoms. The van der Waals surface area contributed by atoms with E-state index in [1.807, 2.05) is 0 Å². The van der Waals surface area contributed by atoms with Gasteiger partial charge in [-0.05, 0) is 27.2 Å². The third kappa shape index (κ3) is 4.35. The molecule has 1 aliphatic heterocycles. The molecule has 1 unspecified atom stereocenters. The summed E-state index contributed by atoms with van der Waals surface area (Å²) in [4.78, 5) is 35.8. The van der Waals surface area contributed by atoms with Crippen LogP contribution in [0.3, 0.4) is 0 Å². The molecule has 0 aromatic rings. The van der Waals surface area contributed by atoms with Gasteiger partial charge in [0, 0.05) is 6.54 Å². The van der Waals surface area contributed by atoms with E-state index in [2.05, 4.69) is 4.74 Å². The highest BCUT2D eigenvalue weighted by Crippen LogP contribution is 2.36. The maximum Gasteiger partial charge on any atom is 0.417 e. The summed E-state index contributed by atoms with van der Waals surface area (Å²) in [6, 6.07) is 0. The number of hydrogen-bond acceptors (Lipinski definition) is 5. The fourth-order valence-corrected chi connectivity index (χ4v) is 2.02. The van der Waals surface area contributed by atoms with Gasteiger partial charge in [-0.15, -0.1) is 0 Å². The van der Waals surface area contributed by atoms with Crippen LogP contribution in [0.25, 0.3) is 0 Å². The van der Waals surface area contributed by atoms with E-state index < -0.39 is 54.5 Å². The van der Waals surface area contributed by atoms with E-state index in [9.17, 15) is 27.6 Å². The largest absolute Gasteiger partial charge is 0.468 e. The van der Waals surface area contributed by atoms with Crippen LogP contribution in [0.2, 0.25) is 0 Å². The van der Waals surface area contributed by atoms with Crippen molar-refractivity contribution in [2.75, 3.05) is 13.7 Å². The van der Waals surface area contributed by atoms with Gasteiger partial charge in [0.25, 0.3) is 0 Å².